The first-order chi connectivity index (χ1) is 8.69. The first-order valence-corrected chi connectivity index (χ1v) is 6.64. The quantitative estimate of drug-likeness (QED) is 0.889. The minimum Gasteiger partial charge on any atom is -0.369 e. The molecule has 0 aliphatic heterocycles. The molecule has 0 amide bonds. The van der Waals surface area contributed by atoms with Crippen molar-refractivity contribution in [2.75, 3.05) is 17.2 Å². The molecule has 1 aromatic heterocycles. The van der Waals surface area contributed by atoms with Crippen LogP contribution in [0.4, 0.5) is 17.3 Å². The summed E-state index contributed by atoms with van der Waals surface area (Å²) in [5, 5.41) is 6.91. The van der Waals surface area contributed by atoms with Crippen LogP contribution in [0, 0.1) is 0 Å². The van der Waals surface area contributed by atoms with Gasteiger partial charge in [0.2, 0.25) is 0 Å². The average molecular weight is 328 g/mol. The summed E-state index contributed by atoms with van der Waals surface area (Å²) in [6.07, 6.45) is 3.35. The van der Waals surface area contributed by atoms with Crippen molar-refractivity contribution in [2.24, 2.45) is 0 Å². The fourth-order valence-corrected chi connectivity index (χ4v) is 1.84. The smallest absolute Gasteiger partial charge is 0.151 e. The number of benzene rings is 1. The van der Waals surface area contributed by atoms with Crippen LogP contribution >= 0.6 is 27.5 Å². The van der Waals surface area contributed by atoms with Crippen molar-refractivity contribution in [1.82, 2.24) is 9.97 Å². The molecule has 1 aromatic carbocycles. The third kappa shape index (κ3) is 3.34. The van der Waals surface area contributed by atoms with Crippen LogP contribution < -0.4 is 10.6 Å². The van der Waals surface area contributed by atoms with Crippen molar-refractivity contribution >= 4 is 44.9 Å². The molecule has 0 aliphatic carbocycles. The summed E-state index contributed by atoms with van der Waals surface area (Å²) in [6, 6.07) is 5.62. The second-order valence-corrected chi connectivity index (χ2v) is 4.84. The molecule has 0 unspecified atom stereocenters. The Morgan fingerprint density at radius 3 is 2.78 bits per heavy atom. The molecule has 2 N–H and O–H groups in total. The highest BCUT2D eigenvalue weighted by Gasteiger charge is 2.01. The van der Waals surface area contributed by atoms with Crippen LogP contribution in [0.2, 0.25) is 5.02 Å². The number of nitrogens with zero attached hydrogens (tertiary/aromatic N) is 2. The van der Waals surface area contributed by atoms with E-state index in [9.17, 15) is 0 Å². The molecule has 0 spiro atoms. The van der Waals surface area contributed by atoms with E-state index in [0.717, 1.165) is 22.5 Å². The van der Waals surface area contributed by atoms with E-state index in [-0.39, 0.29) is 0 Å². The molecule has 0 radical (unpaired) electrons. The molecule has 4 nitrogen and oxygen atoms in total. The van der Waals surface area contributed by atoms with Gasteiger partial charge < -0.3 is 10.6 Å². The molecule has 18 heavy (non-hydrogen) atoms. The van der Waals surface area contributed by atoms with Crippen molar-refractivity contribution in [3.05, 3.63) is 40.1 Å². The fraction of sp³-hybridized carbons (Fsp3) is 0.167. The summed E-state index contributed by atoms with van der Waals surface area (Å²) in [5.41, 5.74) is 0.867. The molecular formula is C12H12BrClN4. The maximum Gasteiger partial charge on any atom is 0.151 e. The van der Waals surface area contributed by atoms with Crippen molar-refractivity contribution in [3.63, 3.8) is 0 Å². The van der Waals surface area contributed by atoms with Gasteiger partial charge in [-0.1, -0.05) is 11.6 Å². The van der Waals surface area contributed by atoms with Crippen molar-refractivity contribution < 1.29 is 0 Å². The monoisotopic (exact) mass is 326 g/mol. The Balaban J connectivity index is 2.17. The van der Waals surface area contributed by atoms with Crippen LogP contribution in [-0.2, 0) is 0 Å². The van der Waals surface area contributed by atoms with E-state index in [0.29, 0.717) is 10.8 Å². The topological polar surface area (TPSA) is 49.8 Å². The van der Waals surface area contributed by atoms with E-state index in [1.54, 1.807) is 12.4 Å². The van der Waals surface area contributed by atoms with Gasteiger partial charge in [0.05, 0.1) is 17.4 Å². The number of hydrogen-bond donors (Lipinski definition) is 2. The minimum absolute atomic E-state index is 0.649. The maximum atomic E-state index is 6.03. The zero-order chi connectivity index (χ0) is 13.0. The third-order valence-electron chi connectivity index (χ3n) is 2.18. The van der Waals surface area contributed by atoms with Crippen LogP contribution in [0.5, 0.6) is 0 Å². The van der Waals surface area contributed by atoms with Gasteiger partial charge in [0, 0.05) is 16.7 Å². The van der Waals surface area contributed by atoms with Crippen LogP contribution in [0.25, 0.3) is 0 Å². The van der Waals surface area contributed by atoms with Crippen LogP contribution in [-0.4, -0.2) is 16.5 Å². The van der Waals surface area contributed by atoms with E-state index in [4.69, 9.17) is 11.6 Å². The predicted octanol–water partition coefficient (Wildman–Crippen LogP) is 4.07. The molecule has 0 aliphatic rings. The number of anilines is 3. The molecule has 0 fully saturated rings. The fourth-order valence-electron chi connectivity index (χ4n) is 1.41. The largest absolute Gasteiger partial charge is 0.369 e. The highest BCUT2D eigenvalue weighted by atomic mass is 79.9. The zero-order valence-corrected chi connectivity index (χ0v) is 12.1. The third-order valence-corrected chi connectivity index (χ3v) is 3.42. The summed E-state index contributed by atoms with van der Waals surface area (Å²) < 4.78 is 0.863. The van der Waals surface area contributed by atoms with E-state index < -0.39 is 0 Å². The molecule has 94 valence electrons. The maximum absolute atomic E-state index is 6.03. The Kier molecular flexibility index (Phi) is 4.38. The normalized spacial score (nSPS) is 10.2. The van der Waals surface area contributed by atoms with Gasteiger partial charge in [0.1, 0.15) is 5.82 Å². The minimum atomic E-state index is 0.649. The first-order valence-electron chi connectivity index (χ1n) is 5.47. The van der Waals surface area contributed by atoms with Gasteiger partial charge in [-0.25, -0.2) is 4.98 Å². The van der Waals surface area contributed by atoms with Crippen molar-refractivity contribution in [1.29, 1.82) is 0 Å². The molecule has 6 heteroatoms. The highest BCUT2D eigenvalue weighted by molar-refractivity contribution is 9.10. The summed E-state index contributed by atoms with van der Waals surface area (Å²) in [6.45, 7) is 2.82. The Bertz CT molecular complexity index is 547. The molecule has 2 aromatic rings. The Morgan fingerprint density at radius 1 is 1.28 bits per heavy atom. The number of aromatic nitrogens is 2. The average Bonchev–Trinajstić information content (AvgIpc) is 2.35. The number of hydrogen-bond acceptors (Lipinski definition) is 4. The molecular weight excluding hydrogens is 316 g/mol. The van der Waals surface area contributed by atoms with Crippen molar-refractivity contribution in [2.45, 2.75) is 6.92 Å². The Labute approximate surface area is 119 Å². The lowest BCUT2D eigenvalue weighted by Gasteiger charge is -2.08. The molecule has 0 atom stereocenters. The van der Waals surface area contributed by atoms with E-state index >= 15 is 0 Å². The van der Waals surface area contributed by atoms with E-state index in [2.05, 4.69) is 36.5 Å². The summed E-state index contributed by atoms with van der Waals surface area (Å²) in [7, 11) is 0. The van der Waals surface area contributed by atoms with Gasteiger partial charge >= 0.3 is 0 Å². The van der Waals surface area contributed by atoms with Crippen molar-refractivity contribution in [3.8, 4) is 0 Å². The standard InChI is InChI=1S/C12H12BrClN4/c1-2-16-11-6-15-7-12(18-11)17-8-3-4-9(13)10(14)5-8/h3-7H,2H2,1H3,(H2,16,17,18). The highest BCUT2D eigenvalue weighted by Crippen LogP contribution is 2.26. The summed E-state index contributed by atoms with van der Waals surface area (Å²) >= 11 is 9.38. The molecule has 0 bridgehead atoms. The van der Waals surface area contributed by atoms with Gasteiger partial charge in [0.15, 0.2) is 5.82 Å². The van der Waals surface area contributed by atoms with Gasteiger partial charge in [0.25, 0.3) is 0 Å². The van der Waals surface area contributed by atoms with E-state index in [1.165, 1.54) is 0 Å². The lowest BCUT2D eigenvalue weighted by molar-refractivity contribution is 1.12. The van der Waals surface area contributed by atoms with Crippen LogP contribution in [0.3, 0.4) is 0 Å². The number of halogens is 2. The second-order valence-electron chi connectivity index (χ2n) is 3.57. The molecule has 1 heterocycles. The van der Waals surface area contributed by atoms with Crippen LogP contribution in [0.15, 0.2) is 35.1 Å². The Hall–Kier alpha value is -1.33. The van der Waals surface area contributed by atoms with E-state index in [1.807, 2.05) is 25.1 Å². The zero-order valence-electron chi connectivity index (χ0n) is 9.74. The number of nitrogens with one attached hydrogen (secondary N) is 2. The molecule has 0 saturated carbocycles. The molecule has 2 rings (SSSR count). The molecule has 0 saturated heterocycles. The van der Waals surface area contributed by atoms with Crippen LogP contribution in [0.1, 0.15) is 6.92 Å². The van der Waals surface area contributed by atoms with Gasteiger partial charge in [-0.15, -0.1) is 0 Å². The second kappa shape index (κ2) is 6.02. The predicted molar refractivity (Wildman–Crippen MR) is 78.6 cm³/mol. The summed E-state index contributed by atoms with van der Waals surface area (Å²) in [4.78, 5) is 8.48. The lowest BCUT2D eigenvalue weighted by Crippen LogP contribution is -2.02. The van der Waals surface area contributed by atoms with Gasteiger partial charge in [-0.05, 0) is 41.1 Å². The van der Waals surface area contributed by atoms with Gasteiger partial charge in [-0.2, -0.15) is 0 Å². The summed E-state index contributed by atoms with van der Waals surface area (Å²) in [5.74, 6) is 1.41. The SMILES string of the molecule is CCNc1cncc(Nc2ccc(Br)c(Cl)c2)n1. The lowest BCUT2D eigenvalue weighted by atomic mass is 10.3. The van der Waals surface area contributed by atoms with Gasteiger partial charge in [-0.3, -0.25) is 4.98 Å². The number of rotatable bonds is 4. The Morgan fingerprint density at radius 2 is 2.06 bits per heavy atom. The first kappa shape index (κ1) is 13.1.